The highest BCUT2D eigenvalue weighted by molar-refractivity contribution is 5.88. The number of nitrogens with one attached hydrogen (secondary N) is 1. The molecule has 3 rings (SSSR count). The summed E-state index contributed by atoms with van der Waals surface area (Å²) in [6, 6.07) is 15.6. The van der Waals surface area contributed by atoms with E-state index in [1.54, 1.807) is 4.90 Å². The molecule has 0 spiro atoms. The Morgan fingerprint density at radius 3 is 2.48 bits per heavy atom. The van der Waals surface area contributed by atoms with Crippen molar-refractivity contribution in [3.8, 4) is 5.75 Å². The lowest BCUT2D eigenvalue weighted by Crippen LogP contribution is -2.52. The molecule has 2 aromatic carbocycles. The molecule has 5 heteroatoms. The summed E-state index contributed by atoms with van der Waals surface area (Å²) in [5, 5.41) is 3.19. The molecular weight excluding hydrogens is 412 g/mol. The number of hydrogen-bond donors (Lipinski definition) is 1. The molecule has 178 valence electrons. The Morgan fingerprint density at radius 1 is 1.09 bits per heavy atom. The molecule has 0 aromatic heterocycles. The van der Waals surface area contributed by atoms with Crippen molar-refractivity contribution in [2.45, 2.75) is 84.3 Å². The first-order valence-corrected chi connectivity index (χ1v) is 12.3. The van der Waals surface area contributed by atoms with Gasteiger partial charge in [-0.2, -0.15) is 0 Å². The van der Waals surface area contributed by atoms with Gasteiger partial charge in [-0.3, -0.25) is 9.59 Å². The number of hydrogen-bond acceptors (Lipinski definition) is 3. The van der Waals surface area contributed by atoms with Crippen LogP contribution in [0.5, 0.6) is 5.75 Å². The summed E-state index contributed by atoms with van der Waals surface area (Å²) in [4.78, 5) is 28.3. The smallest absolute Gasteiger partial charge is 0.261 e. The van der Waals surface area contributed by atoms with Gasteiger partial charge in [0.05, 0.1) is 0 Å². The van der Waals surface area contributed by atoms with Gasteiger partial charge in [0.1, 0.15) is 11.8 Å². The van der Waals surface area contributed by atoms with E-state index in [0.717, 1.165) is 48.1 Å². The molecule has 1 aliphatic carbocycles. The van der Waals surface area contributed by atoms with E-state index in [1.165, 1.54) is 0 Å². The Labute approximate surface area is 198 Å². The van der Waals surface area contributed by atoms with Crippen molar-refractivity contribution in [2.75, 3.05) is 6.61 Å². The molecule has 2 amide bonds. The predicted molar refractivity (Wildman–Crippen MR) is 132 cm³/mol. The second-order valence-electron chi connectivity index (χ2n) is 9.41. The van der Waals surface area contributed by atoms with Crippen LogP contribution < -0.4 is 10.1 Å². The Hall–Kier alpha value is -2.82. The summed E-state index contributed by atoms with van der Waals surface area (Å²) < 4.78 is 5.99. The minimum atomic E-state index is -0.525. The molecule has 0 radical (unpaired) electrons. The minimum Gasteiger partial charge on any atom is -0.483 e. The molecule has 1 atom stereocenters. The van der Waals surface area contributed by atoms with Crippen LogP contribution in [0, 0.1) is 6.92 Å². The van der Waals surface area contributed by atoms with Crippen LogP contribution in [0.3, 0.4) is 0 Å². The van der Waals surface area contributed by atoms with Crippen molar-refractivity contribution in [2.24, 2.45) is 0 Å². The van der Waals surface area contributed by atoms with Crippen LogP contribution in [-0.2, 0) is 16.1 Å². The van der Waals surface area contributed by atoms with Gasteiger partial charge in [0.25, 0.3) is 5.91 Å². The Kier molecular flexibility index (Phi) is 8.93. The molecule has 0 heterocycles. The summed E-state index contributed by atoms with van der Waals surface area (Å²) in [5.74, 6) is 0.775. The van der Waals surface area contributed by atoms with Gasteiger partial charge in [0, 0.05) is 12.6 Å². The maximum absolute atomic E-state index is 13.4. The number of carbonyl (C=O) groups is 2. The SMILES string of the molecule is CC[C@@H](C(=O)NC1CCCC1)N(Cc1cccc(C)c1)C(=O)COc1ccccc1C(C)C. The zero-order valence-electron chi connectivity index (χ0n) is 20.5. The standard InChI is InChI=1S/C28H38N2O3/c1-5-25(28(32)29-23-13-6-7-14-23)30(18-22-12-10-11-21(4)17-22)27(31)19-33-26-16-9-8-15-24(26)20(2)3/h8-12,15-17,20,23,25H,5-7,13-14,18-19H2,1-4H3,(H,29,32)/t25-/m0/s1. The fourth-order valence-electron chi connectivity index (χ4n) is 4.61. The molecule has 1 N–H and O–H groups in total. The molecular formula is C28H38N2O3. The Morgan fingerprint density at radius 2 is 1.82 bits per heavy atom. The minimum absolute atomic E-state index is 0.0621. The van der Waals surface area contributed by atoms with Crippen molar-refractivity contribution >= 4 is 11.8 Å². The van der Waals surface area contributed by atoms with Gasteiger partial charge in [-0.15, -0.1) is 0 Å². The average Bonchev–Trinajstić information content (AvgIpc) is 3.30. The van der Waals surface area contributed by atoms with Gasteiger partial charge in [-0.05, 0) is 49.3 Å². The van der Waals surface area contributed by atoms with Crippen LogP contribution in [0.2, 0.25) is 0 Å². The Bertz CT molecular complexity index is 934. The summed E-state index contributed by atoms with van der Waals surface area (Å²) >= 11 is 0. The molecule has 0 saturated heterocycles. The molecule has 5 nitrogen and oxygen atoms in total. The van der Waals surface area contributed by atoms with E-state index < -0.39 is 6.04 Å². The second kappa shape index (κ2) is 11.9. The van der Waals surface area contributed by atoms with Crippen LogP contribution in [0.4, 0.5) is 0 Å². The summed E-state index contributed by atoms with van der Waals surface area (Å²) in [7, 11) is 0. The van der Waals surface area contributed by atoms with Crippen molar-refractivity contribution in [1.29, 1.82) is 0 Å². The van der Waals surface area contributed by atoms with Gasteiger partial charge in [0.2, 0.25) is 5.91 Å². The zero-order chi connectivity index (χ0) is 23.8. The van der Waals surface area contributed by atoms with Crippen LogP contribution >= 0.6 is 0 Å². The maximum atomic E-state index is 13.4. The van der Waals surface area contributed by atoms with E-state index in [-0.39, 0.29) is 24.5 Å². The lowest BCUT2D eigenvalue weighted by molar-refractivity contribution is -0.143. The quantitative estimate of drug-likeness (QED) is 0.530. The highest BCUT2D eigenvalue weighted by atomic mass is 16.5. The lowest BCUT2D eigenvalue weighted by Gasteiger charge is -2.31. The first-order chi connectivity index (χ1) is 15.9. The number of nitrogens with zero attached hydrogens (tertiary/aromatic N) is 1. The molecule has 0 aliphatic heterocycles. The third-order valence-electron chi connectivity index (χ3n) is 6.42. The van der Waals surface area contributed by atoms with Crippen molar-refractivity contribution < 1.29 is 14.3 Å². The summed E-state index contributed by atoms with van der Waals surface area (Å²) in [6.07, 6.45) is 4.89. The molecule has 33 heavy (non-hydrogen) atoms. The van der Waals surface area contributed by atoms with Gasteiger partial charge in [-0.25, -0.2) is 0 Å². The maximum Gasteiger partial charge on any atom is 0.261 e. The number of rotatable bonds is 10. The van der Waals surface area contributed by atoms with E-state index in [9.17, 15) is 9.59 Å². The normalized spacial score (nSPS) is 14.8. The van der Waals surface area contributed by atoms with E-state index in [2.05, 4.69) is 25.2 Å². The number of amides is 2. The molecule has 2 aromatic rings. The molecule has 1 fully saturated rings. The van der Waals surface area contributed by atoms with Gasteiger partial charge in [0.15, 0.2) is 6.61 Å². The largest absolute Gasteiger partial charge is 0.483 e. The summed E-state index contributed by atoms with van der Waals surface area (Å²) in [5.41, 5.74) is 3.21. The topological polar surface area (TPSA) is 58.6 Å². The first-order valence-electron chi connectivity index (χ1n) is 12.3. The number of para-hydroxylation sites is 1. The second-order valence-corrected chi connectivity index (χ2v) is 9.41. The number of carbonyl (C=O) groups excluding carboxylic acids is 2. The van der Waals surface area contributed by atoms with E-state index in [1.807, 2.05) is 56.3 Å². The number of aryl methyl sites for hydroxylation is 1. The van der Waals surface area contributed by atoms with Crippen LogP contribution in [-0.4, -0.2) is 35.4 Å². The lowest BCUT2D eigenvalue weighted by atomic mass is 10.0. The summed E-state index contributed by atoms with van der Waals surface area (Å²) in [6.45, 7) is 8.49. The Balaban J connectivity index is 1.79. The van der Waals surface area contributed by atoms with Gasteiger partial charge in [-0.1, -0.05) is 81.6 Å². The third kappa shape index (κ3) is 6.83. The van der Waals surface area contributed by atoms with E-state index in [0.29, 0.717) is 18.9 Å². The highest BCUT2D eigenvalue weighted by Crippen LogP contribution is 2.26. The predicted octanol–water partition coefficient (Wildman–Crippen LogP) is 5.36. The number of benzene rings is 2. The average molecular weight is 451 g/mol. The van der Waals surface area contributed by atoms with Crippen molar-refractivity contribution in [3.05, 3.63) is 65.2 Å². The molecule has 0 bridgehead atoms. The molecule has 1 aliphatic rings. The van der Waals surface area contributed by atoms with Crippen LogP contribution in [0.25, 0.3) is 0 Å². The van der Waals surface area contributed by atoms with Gasteiger partial charge < -0.3 is 15.0 Å². The zero-order valence-corrected chi connectivity index (χ0v) is 20.5. The fraction of sp³-hybridized carbons (Fsp3) is 0.500. The highest BCUT2D eigenvalue weighted by Gasteiger charge is 2.31. The van der Waals surface area contributed by atoms with Crippen molar-refractivity contribution in [1.82, 2.24) is 10.2 Å². The van der Waals surface area contributed by atoms with E-state index in [4.69, 9.17) is 4.74 Å². The van der Waals surface area contributed by atoms with E-state index >= 15 is 0 Å². The molecule has 1 saturated carbocycles. The monoisotopic (exact) mass is 450 g/mol. The van der Waals surface area contributed by atoms with Crippen LogP contribution in [0.1, 0.15) is 75.5 Å². The third-order valence-corrected chi connectivity index (χ3v) is 6.42. The molecule has 0 unspecified atom stereocenters. The first kappa shape index (κ1) is 24.8. The van der Waals surface area contributed by atoms with Gasteiger partial charge >= 0.3 is 0 Å². The fourth-order valence-corrected chi connectivity index (χ4v) is 4.61. The number of ether oxygens (including phenoxy) is 1. The van der Waals surface area contributed by atoms with Crippen molar-refractivity contribution in [3.63, 3.8) is 0 Å². The van der Waals surface area contributed by atoms with Crippen LogP contribution in [0.15, 0.2) is 48.5 Å².